The number of amides is 1. The molecule has 8 nitrogen and oxygen atoms in total. The molecule has 0 radical (unpaired) electrons. The summed E-state index contributed by atoms with van der Waals surface area (Å²) in [6.45, 7) is 6.83. The lowest BCUT2D eigenvalue weighted by atomic mass is 10.1. The number of anilines is 1. The minimum absolute atomic E-state index is 0.220. The van der Waals surface area contributed by atoms with E-state index in [1.165, 1.54) is 31.1 Å². The second-order valence-corrected chi connectivity index (χ2v) is 9.02. The highest BCUT2D eigenvalue weighted by atomic mass is 16.6. The SMILES string of the molecule is COc1ccc2c(c1)c(C(=O)Nc1ccoc1-c1cccc(C(=O)OC(C)(C)C)c1)cn2C(C)=O. The zero-order valence-electron chi connectivity index (χ0n) is 20.2. The van der Waals surface area contributed by atoms with Gasteiger partial charge in [-0.05, 0) is 51.1 Å². The van der Waals surface area contributed by atoms with Crippen LogP contribution in [0.4, 0.5) is 5.69 Å². The summed E-state index contributed by atoms with van der Waals surface area (Å²) in [5.74, 6) is -0.147. The first-order chi connectivity index (χ1) is 16.6. The fourth-order valence-electron chi connectivity index (χ4n) is 3.72. The summed E-state index contributed by atoms with van der Waals surface area (Å²) in [6.07, 6.45) is 2.96. The summed E-state index contributed by atoms with van der Waals surface area (Å²) in [7, 11) is 1.53. The Labute approximate surface area is 202 Å². The van der Waals surface area contributed by atoms with E-state index in [0.29, 0.717) is 44.8 Å². The summed E-state index contributed by atoms with van der Waals surface area (Å²) in [5, 5.41) is 3.44. The number of carbonyl (C=O) groups is 3. The molecular formula is C27H26N2O6. The summed E-state index contributed by atoms with van der Waals surface area (Å²) < 4.78 is 17.8. The summed E-state index contributed by atoms with van der Waals surface area (Å²) in [6, 6.07) is 13.6. The number of furan rings is 1. The topological polar surface area (TPSA) is 99.8 Å². The molecule has 35 heavy (non-hydrogen) atoms. The normalized spacial score (nSPS) is 11.3. The first-order valence-corrected chi connectivity index (χ1v) is 11.0. The van der Waals surface area contributed by atoms with E-state index in [1.807, 2.05) is 0 Å². The highest BCUT2D eigenvalue weighted by Crippen LogP contribution is 2.32. The Hall–Kier alpha value is -4.33. The van der Waals surface area contributed by atoms with Gasteiger partial charge in [0.1, 0.15) is 11.4 Å². The van der Waals surface area contributed by atoms with E-state index in [2.05, 4.69) is 5.32 Å². The predicted molar refractivity (Wildman–Crippen MR) is 132 cm³/mol. The second kappa shape index (κ2) is 9.13. The van der Waals surface area contributed by atoms with Crippen molar-refractivity contribution in [3.05, 3.63) is 72.1 Å². The first-order valence-electron chi connectivity index (χ1n) is 11.0. The number of benzene rings is 2. The van der Waals surface area contributed by atoms with Crippen LogP contribution in [0.5, 0.6) is 5.75 Å². The van der Waals surface area contributed by atoms with Gasteiger partial charge in [0, 0.05) is 30.1 Å². The van der Waals surface area contributed by atoms with Crippen LogP contribution in [0.3, 0.4) is 0 Å². The van der Waals surface area contributed by atoms with Crippen molar-refractivity contribution in [3.63, 3.8) is 0 Å². The quantitative estimate of drug-likeness (QED) is 0.368. The fraction of sp³-hybridized carbons (Fsp3) is 0.222. The molecule has 0 spiro atoms. The monoisotopic (exact) mass is 474 g/mol. The minimum Gasteiger partial charge on any atom is -0.497 e. The van der Waals surface area contributed by atoms with Gasteiger partial charge in [-0.2, -0.15) is 0 Å². The number of nitrogens with zero attached hydrogens (tertiary/aromatic N) is 1. The van der Waals surface area contributed by atoms with Crippen molar-refractivity contribution >= 4 is 34.4 Å². The molecule has 4 aromatic rings. The third-order valence-corrected chi connectivity index (χ3v) is 5.27. The smallest absolute Gasteiger partial charge is 0.338 e. The predicted octanol–water partition coefficient (Wildman–Crippen LogP) is 5.78. The number of esters is 1. The van der Waals surface area contributed by atoms with Gasteiger partial charge in [-0.25, -0.2) is 4.79 Å². The van der Waals surface area contributed by atoms with Crippen LogP contribution in [0.15, 0.2) is 65.4 Å². The van der Waals surface area contributed by atoms with Gasteiger partial charge in [-0.1, -0.05) is 12.1 Å². The number of methoxy groups -OCH3 is 1. The van der Waals surface area contributed by atoms with Crippen molar-refractivity contribution in [3.8, 4) is 17.1 Å². The van der Waals surface area contributed by atoms with E-state index in [4.69, 9.17) is 13.9 Å². The molecule has 2 heterocycles. The van der Waals surface area contributed by atoms with Gasteiger partial charge in [0.2, 0.25) is 5.91 Å². The lowest BCUT2D eigenvalue weighted by molar-refractivity contribution is 0.00693. The molecule has 0 saturated carbocycles. The van der Waals surface area contributed by atoms with Gasteiger partial charge in [-0.15, -0.1) is 0 Å². The molecule has 4 rings (SSSR count). The van der Waals surface area contributed by atoms with E-state index >= 15 is 0 Å². The lowest BCUT2D eigenvalue weighted by Crippen LogP contribution is -2.23. The zero-order chi connectivity index (χ0) is 25.3. The molecule has 1 amide bonds. The largest absolute Gasteiger partial charge is 0.497 e. The maximum absolute atomic E-state index is 13.3. The van der Waals surface area contributed by atoms with Crippen LogP contribution in [-0.4, -0.2) is 35.1 Å². The number of hydrogen-bond donors (Lipinski definition) is 1. The molecule has 0 atom stereocenters. The Morgan fingerprint density at radius 1 is 1.03 bits per heavy atom. The number of nitrogens with one attached hydrogen (secondary N) is 1. The standard InChI is InChI=1S/C27H26N2O6/c1-16(30)29-15-21(20-14-19(33-5)9-10-23(20)29)25(31)28-22-11-12-34-24(22)17-7-6-8-18(13-17)26(32)35-27(2,3)4/h6-15H,1-5H3,(H,28,31). The first kappa shape index (κ1) is 23.8. The van der Waals surface area contributed by atoms with Crippen LogP contribution >= 0.6 is 0 Å². The van der Waals surface area contributed by atoms with Crippen LogP contribution in [0.2, 0.25) is 0 Å². The van der Waals surface area contributed by atoms with Gasteiger partial charge in [0.15, 0.2) is 5.76 Å². The second-order valence-electron chi connectivity index (χ2n) is 9.02. The van der Waals surface area contributed by atoms with Crippen LogP contribution in [0.25, 0.3) is 22.2 Å². The summed E-state index contributed by atoms with van der Waals surface area (Å²) in [5.41, 5.74) is 1.66. The fourth-order valence-corrected chi connectivity index (χ4v) is 3.72. The third-order valence-electron chi connectivity index (χ3n) is 5.27. The highest BCUT2D eigenvalue weighted by Gasteiger charge is 2.22. The Balaban J connectivity index is 1.67. The molecule has 2 aromatic heterocycles. The van der Waals surface area contributed by atoms with Crippen molar-refractivity contribution in [2.75, 3.05) is 12.4 Å². The van der Waals surface area contributed by atoms with Crippen LogP contribution in [-0.2, 0) is 4.74 Å². The van der Waals surface area contributed by atoms with Gasteiger partial charge in [0.25, 0.3) is 5.91 Å². The molecule has 2 aromatic carbocycles. The van der Waals surface area contributed by atoms with Crippen LogP contribution in [0.1, 0.15) is 53.2 Å². The van der Waals surface area contributed by atoms with Crippen molar-refractivity contribution in [1.82, 2.24) is 4.57 Å². The van der Waals surface area contributed by atoms with Gasteiger partial charge >= 0.3 is 5.97 Å². The number of aromatic nitrogens is 1. The maximum atomic E-state index is 13.3. The van der Waals surface area contributed by atoms with Gasteiger partial charge in [0.05, 0.1) is 35.7 Å². The molecule has 0 aliphatic carbocycles. The van der Waals surface area contributed by atoms with E-state index in [1.54, 1.807) is 69.3 Å². The molecular weight excluding hydrogens is 448 g/mol. The molecule has 8 heteroatoms. The highest BCUT2D eigenvalue weighted by molar-refractivity contribution is 6.15. The van der Waals surface area contributed by atoms with Crippen molar-refractivity contribution in [2.24, 2.45) is 0 Å². The number of fused-ring (bicyclic) bond motifs is 1. The summed E-state index contributed by atoms with van der Waals surface area (Å²) in [4.78, 5) is 37.9. The molecule has 1 N–H and O–H groups in total. The average molecular weight is 475 g/mol. The Bertz CT molecular complexity index is 1440. The Morgan fingerprint density at radius 3 is 2.49 bits per heavy atom. The van der Waals surface area contributed by atoms with Crippen LogP contribution < -0.4 is 10.1 Å². The number of carbonyl (C=O) groups excluding carboxylic acids is 3. The minimum atomic E-state index is -0.626. The number of ether oxygens (including phenoxy) is 2. The molecule has 0 fully saturated rings. The molecule has 0 unspecified atom stereocenters. The van der Waals surface area contributed by atoms with E-state index in [-0.39, 0.29) is 5.91 Å². The van der Waals surface area contributed by atoms with Gasteiger partial charge in [-0.3, -0.25) is 14.2 Å². The van der Waals surface area contributed by atoms with E-state index in [0.717, 1.165) is 0 Å². The van der Waals surface area contributed by atoms with Crippen molar-refractivity contribution < 1.29 is 28.3 Å². The molecule has 0 aliphatic heterocycles. The molecule has 0 bridgehead atoms. The molecule has 0 saturated heterocycles. The average Bonchev–Trinajstić information content (AvgIpc) is 3.42. The Morgan fingerprint density at radius 2 is 1.80 bits per heavy atom. The maximum Gasteiger partial charge on any atom is 0.338 e. The molecule has 0 aliphatic rings. The number of rotatable bonds is 5. The Kier molecular flexibility index (Phi) is 6.22. The van der Waals surface area contributed by atoms with E-state index in [9.17, 15) is 14.4 Å². The third kappa shape index (κ3) is 4.96. The van der Waals surface area contributed by atoms with E-state index < -0.39 is 17.5 Å². The lowest BCUT2D eigenvalue weighted by Gasteiger charge is -2.19. The zero-order valence-corrected chi connectivity index (χ0v) is 20.2. The van der Waals surface area contributed by atoms with Crippen molar-refractivity contribution in [1.29, 1.82) is 0 Å². The van der Waals surface area contributed by atoms with Crippen LogP contribution in [0, 0.1) is 0 Å². The number of hydrogen-bond acceptors (Lipinski definition) is 6. The van der Waals surface area contributed by atoms with Gasteiger partial charge < -0.3 is 19.2 Å². The van der Waals surface area contributed by atoms with Crippen molar-refractivity contribution in [2.45, 2.75) is 33.3 Å². The summed E-state index contributed by atoms with van der Waals surface area (Å²) >= 11 is 0. The molecule has 180 valence electrons.